The lowest BCUT2D eigenvalue weighted by Gasteiger charge is -2.07. The number of ketones is 1. The Morgan fingerprint density at radius 1 is 0.968 bits per heavy atom. The Morgan fingerprint density at radius 2 is 1.65 bits per heavy atom. The highest BCUT2D eigenvalue weighted by atomic mass is 16.5. The van der Waals surface area contributed by atoms with Crippen LogP contribution in [-0.4, -0.2) is 55.0 Å². The topological polar surface area (TPSA) is 124 Å². The maximum Gasteiger partial charge on any atom is 0.340 e. The van der Waals surface area contributed by atoms with Crippen LogP contribution in [0, 0.1) is 13.8 Å². The molecule has 2 N–H and O–H groups in total. The number of amides is 1. The third-order valence-corrected chi connectivity index (χ3v) is 4.38. The van der Waals surface area contributed by atoms with Crippen LogP contribution < -0.4 is 10.1 Å². The fourth-order valence-corrected chi connectivity index (χ4v) is 2.93. The number of aromatic nitrogens is 1. The van der Waals surface area contributed by atoms with E-state index in [9.17, 15) is 19.2 Å². The highest BCUT2D eigenvalue weighted by molar-refractivity contribution is 6.02. The molecule has 0 atom stereocenters. The number of benzene rings is 1. The summed E-state index contributed by atoms with van der Waals surface area (Å²) in [7, 11) is 0. The zero-order valence-corrected chi connectivity index (χ0v) is 18.0. The van der Waals surface area contributed by atoms with Crippen molar-refractivity contribution in [2.75, 3.05) is 26.4 Å². The van der Waals surface area contributed by atoms with Crippen LogP contribution in [0.3, 0.4) is 0 Å². The molecule has 2 aromatic rings. The molecule has 1 aromatic carbocycles. The number of aromatic amines is 1. The van der Waals surface area contributed by atoms with Crippen molar-refractivity contribution in [2.24, 2.45) is 0 Å². The molecule has 0 fully saturated rings. The molecule has 1 heterocycles. The molecule has 0 unspecified atom stereocenters. The first-order valence-corrected chi connectivity index (χ1v) is 9.84. The highest BCUT2D eigenvalue weighted by Crippen LogP contribution is 2.19. The van der Waals surface area contributed by atoms with Crippen LogP contribution in [0.15, 0.2) is 24.3 Å². The van der Waals surface area contributed by atoms with Gasteiger partial charge in [-0.3, -0.25) is 14.4 Å². The van der Waals surface area contributed by atoms with Crippen molar-refractivity contribution in [3.63, 3.8) is 0 Å². The SMILES string of the molecule is CCOC(=O)c1c(C)[nH]c(C(=O)COC(=O)CNC(=O)c2ccc(OCC)cc2)c1C. The lowest BCUT2D eigenvalue weighted by atomic mass is 10.1. The van der Waals surface area contributed by atoms with E-state index in [1.54, 1.807) is 45.0 Å². The summed E-state index contributed by atoms with van der Waals surface area (Å²) in [4.78, 5) is 51.3. The molecular weight excluding hydrogens is 404 g/mol. The quantitative estimate of drug-likeness (QED) is 0.438. The lowest BCUT2D eigenvalue weighted by Crippen LogP contribution is -2.31. The largest absolute Gasteiger partial charge is 0.494 e. The van der Waals surface area contributed by atoms with Gasteiger partial charge in [0.2, 0.25) is 5.78 Å². The van der Waals surface area contributed by atoms with E-state index in [1.807, 2.05) is 6.92 Å². The number of Topliss-reactive ketones (excluding diaryl/α,β-unsaturated/α-hetero) is 1. The van der Waals surface area contributed by atoms with Crippen molar-refractivity contribution in [1.29, 1.82) is 0 Å². The zero-order chi connectivity index (χ0) is 23.0. The summed E-state index contributed by atoms with van der Waals surface area (Å²) in [6.45, 7) is 6.62. The minimum absolute atomic E-state index is 0.173. The fraction of sp³-hybridized carbons (Fsp3) is 0.364. The smallest absolute Gasteiger partial charge is 0.340 e. The van der Waals surface area contributed by atoms with Gasteiger partial charge in [-0.2, -0.15) is 0 Å². The number of aryl methyl sites for hydroxylation is 1. The molecule has 1 aromatic heterocycles. The van der Waals surface area contributed by atoms with Gasteiger partial charge in [0.15, 0.2) is 6.61 Å². The van der Waals surface area contributed by atoms with Gasteiger partial charge in [0.25, 0.3) is 5.91 Å². The van der Waals surface area contributed by atoms with Gasteiger partial charge < -0.3 is 24.5 Å². The number of ether oxygens (including phenoxy) is 3. The van der Waals surface area contributed by atoms with Crippen molar-refractivity contribution in [3.05, 3.63) is 52.3 Å². The molecule has 0 saturated carbocycles. The number of H-pyrrole nitrogens is 1. The molecule has 0 spiro atoms. The number of hydrogen-bond acceptors (Lipinski definition) is 7. The van der Waals surface area contributed by atoms with Crippen LogP contribution in [0.25, 0.3) is 0 Å². The third kappa shape index (κ3) is 6.18. The molecule has 31 heavy (non-hydrogen) atoms. The predicted molar refractivity (Wildman–Crippen MR) is 111 cm³/mol. The van der Waals surface area contributed by atoms with E-state index in [0.29, 0.717) is 34.7 Å². The number of nitrogens with one attached hydrogen (secondary N) is 2. The zero-order valence-electron chi connectivity index (χ0n) is 18.0. The molecule has 0 aliphatic heterocycles. The Morgan fingerprint density at radius 3 is 2.26 bits per heavy atom. The minimum Gasteiger partial charge on any atom is -0.494 e. The summed E-state index contributed by atoms with van der Waals surface area (Å²) in [5, 5.41) is 2.43. The molecule has 1 amide bonds. The first-order valence-electron chi connectivity index (χ1n) is 9.84. The summed E-state index contributed by atoms with van der Waals surface area (Å²) < 4.78 is 15.2. The van der Waals surface area contributed by atoms with E-state index in [-0.39, 0.29) is 12.3 Å². The van der Waals surface area contributed by atoms with Gasteiger partial charge in [-0.25, -0.2) is 4.79 Å². The van der Waals surface area contributed by atoms with Gasteiger partial charge in [0.1, 0.15) is 12.3 Å². The van der Waals surface area contributed by atoms with Crippen molar-refractivity contribution in [2.45, 2.75) is 27.7 Å². The maximum atomic E-state index is 12.4. The number of hydrogen-bond donors (Lipinski definition) is 2. The van der Waals surface area contributed by atoms with E-state index < -0.39 is 36.8 Å². The number of esters is 2. The third-order valence-electron chi connectivity index (χ3n) is 4.38. The van der Waals surface area contributed by atoms with Crippen LogP contribution in [-0.2, 0) is 14.3 Å². The van der Waals surface area contributed by atoms with Crippen LogP contribution in [0.5, 0.6) is 5.75 Å². The van der Waals surface area contributed by atoms with Gasteiger partial charge in [0, 0.05) is 11.3 Å². The lowest BCUT2D eigenvalue weighted by molar-refractivity contribution is -0.141. The summed E-state index contributed by atoms with van der Waals surface area (Å²) >= 11 is 0. The number of carbonyl (C=O) groups excluding carboxylic acids is 4. The Balaban J connectivity index is 1.87. The Bertz CT molecular complexity index is 961. The first kappa shape index (κ1) is 23.7. The second-order valence-electron chi connectivity index (χ2n) is 6.57. The van der Waals surface area contributed by atoms with Crippen molar-refractivity contribution < 1.29 is 33.4 Å². The average molecular weight is 430 g/mol. The monoisotopic (exact) mass is 430 g/mol. The van der Waals surface area contributed by atoms with Crippen molar-refractivity contribution >= 4 is 23.6 Å². The maximum absolute atomic E-state index is 12.4. The Labute approximate surface area is 180 Å². The average Bonchev–Trinajstić information content (AvgIpc) is 3.05. The van der Waals surface area contributed by atoms with E-state index in [1.165, 1.54) is 0 Å². The summed E-state index contributed by atoms with van der Waals surface area (Å²) in [6, 6.07) is 6.46. The molecule has 9 nitrogen and oxygen atoms in total. The van der Waals surface area contributed by atoms with Crippen LogP contribution in [0.4, 0.5) is 0 Å². The number of carbonyl (C=O) groups is 4. The second-order valence-corrected chi connectivity index (χ2v) is 6.57. The Kier molecular flexibility index (Phi) is 8.36. The van der Waals surface area contributed by atoms with E-state index in [2.05, 4.69) is 10.3 Å². The van der Waals surface area contributed by atoms with E-state index >= 15 is 0 Å². The van der Waals surface area contributed by atoms with E-state index in [4.69, 9.17) is 14.2 Å². The highest BCUT2D eigenvalue weighted by Gasteiger charge is 2.23. The van der Waals surface area contributed by atoms with Crippen molar-refractivity contribution in [1.82, 2.24) is 10.3 Å². The predicted octanol–water partition coefficient (Wildman–Crippen LogP) is 2.36. The molecule has 166 valence electrons. The van der Waals surface area contributed by atoms with Crippen molar-refractivity contribution in [3.8, 4) is 5.75 Å². The first-order chi connectivity index (χ1) is 14.8. The van der Waals surface area contributed by atoms with Gasteiger partial charge >= 0.3 is 11.9 Å². The van der Waals surface area contributed by atoms with Gasteiger partial charge in [-0.15, -0.1) is 0 Å². The minimum atomic E-state index is -0.765. The normalized spacial score (nSPS) is 10.3. The Hall–Kier alpha value is -3.62. The molecule has 0 saturated heterocycles. The van der Waals surface area contributed by atoms with Gasteiger partial charge in [0.05, 0.1) is 24.5 Å². The van der Waals surface area contributed by atoms with Crippen LogP contribution in [0.2, 0.25) is 0 Å². The standard InChI is InChI=1S/C22H26N2O7/c1-5-29-16-9-7-15(8-10-16)21(27)23-11-18(26)31-12-17(25)20-13(3)19(14(4)24-20)22(28)30-6-2/h7-10,24H,5-6,11-12H2,1-4H3,(H,23,27). The molecule has 9 heteroatoms. The van der Waals surface area contributed by atoms with E-state index in [0.717, 1.165) is 0 Å². The molecule has 2 rings (SSSR count). The summed E-state index contributed by atoms with van der Waals surface area (Å²) in [5.41, 5.74) is 1.75. The molecule has 0 aliphatic carbocycles. The van der Waals surface area contributed by atoms with Gasteiger partial charge in [-0.1, -0.05) is 0 Å². The summed E-state index contributed by atoms with van der Waals surface area (Å²) in [5.74, 6) is -1.61. The van der Waals surface area contributed by atoms with Crippen LogP contribution in [0.1, 0.15) is 56.3 Å². The van der Waals surface area contributed by atoms with Crippen LogP contribution >= 0.6 is 0 Å². The fourth-order valence-electron chi connectivity index (χ4n) is 2.93. The second kappa shape index (κ2) is 11.0. The van der Waals surface area contributed by atoms with Gasteiger partial charge in [-0.05, 0) is 57.5 Å². The number of rotatable bonds is 10. The summed E-state index contributed by atoms with van der Waals surface area (Å²) in [6.07, 6.45) is 0. The molecule has 0 aliphatic rings. The molecule has 0 radical (unpaired) electrons. The molecular formula is C22H26N2O7. The molecule has 0 bridgehead atoms.